The highest BCUT2D eigenvalue weighted by Crippen LogP contribution is 2.26. The van der Waals surface area contributed by atoms with Gasteiger partial charge in [-0.2, -0.15) is 0 Å². The molecule has 0 saturated carbocycles. The molecule has 0 unspecified atom stereocenters. The summed E-state index contributed by atoms with van der Waals surface area (Å²) in [6, 6.07) is 6.18. The molecule has 0 aliphatic carbocycles. The summed E-state index contributed by atoms with van der Waals surface area (Å²) >= 11 is 12.8. The van der Waals surface area contributed by atoms with Gasteiger partial charge in [-0.05, 0) is 41.1 Å². The Balaban J connectivity index is 1.84. The third-order valence-corrected chi connectivity index (χ3v) is 5.50. The van der Waals surface area contributed by atoms with E-state index >= 15 is 0 Å². The zero-order valence-electron chi connectivity index (χ0n) is 8.72. The molecule has 86 valence electrons. The molecule has 2 heterocycles. The lowest BCUT2D eigenvalue weighted by atomic mass is 10.4. The fraction of sp³-hybridized carbons (Fsp3) is 0.273. The van der Waals surface area contributed by atoms with Crippen LogP contribution in [-0.4, -0.2) is 0 Å². The Hall–Kier alpha value is 0.130. The molecule has 1 nitrogen and oxygen atoms in total. The molecule has 0 amide bonds. The first-order chi connectivity index (χ1) is 7.65. The van der Waals surface area contributed by atoms with Crippen molar-refractivity contribution in [1.82, 2.24) is 5.32 Å². The fourth-order valence-electron chi connectivity index (χ4n) is 1.36. The van der Waals surface area contributed by atoms with E-state index in [4.69, 9.17) is 11.6 Å². The van der Waals surface area contributed by atoms with Crippen molar-refractivity contribution in [3.05, 3.63) is 41.6 Å². The zero-order valence-corrected chi connectivity index (χ0v) is 12.7. The largest absolute Gasteiger partial charge is 0.307 e. The van der Waals surface area contributed by atoms with E-state index in [-0.39, 0.29) is 0 Å². The van der Waals surface area contributed by atoms with Crippen LogP contribution in [0.5, 0.6) is 0 Å². The first-order valence-electron chi connectivity index (χ1n) is 4.85. The van der Waals surface area contributed by atoms with E-state index in [1.807, 2.05) is 17.4 Å². The number of aryl methyl sites for hydroxylation is 1. The van der Waals surface area contributed by atoms with Crippen molar-refractivity contribution in [1.29, 1.82) is 0 Å². The quantitative estimate of drug-likeness (QED) is 0.843. The molecule has 0 saturated heterocycles. The number of hydrogen-bond acceptors (Lipinski definition) is 3. The maximum atomic E-state index is 5.87. The lowest BCUT2D eigenvalue weighted by Crippen LogP contribution is -2.10. The molecule has 0 radical (unpaired) electrons. The second-order valence-corrected chi connectivity index (χ2v) is 7.42. The van der Waals surface area contributed by atoms with E-state index in [1.54, 1.807) is 11.3 Å². The Morgan fingerprint density at radius 2 is 2.00 bits per heavy atom. The van der Waals surface area contributed by atoms with Crippen LogP contribution in [0.25, 0.3) is 0 Å². The minimum Gasteiger partial charge on any atom is -0.307 e. The van der Waals surface area contributed by atoms with Crippen molar-refractivity contribution in [2.45, 2.75) is 20.0 Å². The molecule has 0 aliphatic rings. The summed E-state index contributed by atoms with van der Waals surface area (Å²) in [6.45, 7) is 3.91. The molecule has 0 spiro atoms. The molecule has 0 aliphatic heterocycles. The summed E-state index contributed by atoms with van der Waals surface area (Å²) < 4.78 is 2.06. The van der Waals surface area contributed by atoms with Gasteiger partial charge in [0.25, 0.3) is 0 Å². The smallest absolute Gasteiger partial charge is 0.0931 e. The van der Waals surface area contributed by atoms with Gasteiger partial charge < -0.3 is 5.32 Å². The van der Waals surface area contributed by atoms with Gasteiger partial charge in [0.2, 0.25) is 0 Å². The van der Waals surface area contributed by atoms with Crippen LogP contribution in [0.2, 0.25) is 4.34 Å². The molecule has 0 fully saturated rings. The first-order valence-corrected chi connectivity index (χ1v) is 7.65. The summed E-state index contributed by atoms with van der Waals surface area (Å²) in [6.07, 6.45) is 0. The molecule has 0 aromatic carbocycles. The third-order valence-electron chi connectivity index (χ3n) is 2.14. The van der Waals surface area contributed by atoms with E-state index in [2.05, 4.69) is 40.3 Å². The van der Waals surface area contributed by atoms with Gasteiger partial charge in [0.1, 0.15) is 0 Å². The summed E-state index contributed by atoms with van der Waals surface area (Å²) in [5.41, 5.74) is 0. The third kappa shape index (κ3) is 3.31. The maximum absolute atomic E-state index is 5.87. The zero-order chi connectivity index (χ0) is 11.5. The van der Waals surface area contributed by atoms with Gasteiger partial charge in [-0.15, -0.1) is 22.7 Å². The van der Waals surface area contributed by atoms with Gasteiger partial charge in [0.05, 0.1) is 4.34 Å². The molecule has 1 N–H and O–H groups in total. The second kappa shape index (κ2) is 5.65. The van der Waals surface area contributed by atoms with Crippen LogP contribution in [0.3, 0.4) is 0 Å². The van der Waals surface area contributed by atoms with E-state index in [0.29, 0.717) is 0 Å². The van der Waals surface area contributed by atoms with Gasteiger partial charge in [0.15, 0.2) is 0 Å². The maximum Gasteiger partial charge on any atom is 0.0931 e. The van der Waals surface area contributed by atoms with Crippen LogP contribution in [0, 0.1) is 6.92 Å². The van der Waals surface area contributed by atoms with Crippen LogP contribution in [0.1, 0.15) is 14.6 Å². The SMILES string of the molecule is Cc1sc(CNCc2ccc(Cl)s2)cc1Br. The summed E-state index contributed by atoms with van der Waals surface area (Å²) in [7, 11) is 0. The van der Waals surface area contributed by atoms with E-state index < -0.39 is 0 Å². The van der Waals surface area contributed by atoms with Crippen molar-refractivity contribution >= 4 is 50.2 Å². The lowest BCUT2D eigenvalue weighted by Gasteiger charge is -1.99. The predicted molar refractivity (Wildman–Crippen MR) is 76.6 cm³/mol. The Kier molecular flexibility index (Phi) is 4.44. The summed E-state index contributed by atoms with van der Waals surface area (Å²) in [5.74, 6) is 0. The minimum absolute atomic E-state index is 0.853. The summed E-state index contributed by atoms with van der Waals surface area (Å²) in [4.78, 5) is 3.96. The minimum atomic E-state index is 0.853. The van der Waals surface area contributed by atoms with Crippen molar-refractivity contribution < 1.29 is 0 Å². The second-order valence-electron chi connectivity index (χ2n) is 3.43. The number of rotatable bonds is 4. The van der Waals surface area contributed by atoms with Crippen LogP contribution < -0.4 is 5.32 Å². The van der Waals surface area contributed by atoms with Crippen molar-refractivity contribution in [3.8, 4) is 0 Å². The highest BCUT2D eigenvalue weighted by Gasteiger charge is 2.03. The lowest BCUT2D eigenvalue weighted by molar-refractivity contribution is 0.709. The number of hydrogen-bond donors (Lipinski definition) is 1. The Bertz CT molecular complexity index is 459. The van der Waals surface area contributed by atoms with Crippen molar-refractivity contribution in [2.75, 3.05) is 0 Å². The standard InChI is InChI=1S/C11H11BrClNS2/c1-7-10(12)4-9(15-7)6-14-5-8-2-3-11(13)16-8/h2-4,14H,5-6H2,1H3. The molecular weight excluding hydrogens is 326 g/mol. The Labute approximate surface area is 117 Å². The summed E-state index contributed by atoms with van der Waals surface area (Å²) in [5, 5.41) is 3.41. The monoisotopic (exact) mass is 335 g/mol. The van der Waals surface area contributed by atoms with Crippen LogP contribution in [-0.2, 0) is 13.1 Å². The van der Waals surface area contributed by atoms with Crippen LogP contribution in [0.15, 0.2) is 22.7 Å². The van der Waals surface area contributed by atoms with Crippen molar-refractivity contribution in [3.63, 3.8) is 0 Å². The highest BCUT2D eigenvalue weighted by atomic mass is 79.9. The van der Waals surface area contributed by atoms with E-state index in [1.165, 1.54) is 19.1 Å². The van der Waals surface area contributed by atoms with Crippen LogP contribution >= 0.6 is 50.2 Å². The van der Waals surface area contributed by atoms with Gasteiger partial charge in [-0.3, -0.25) is 0 Å². The highest BCUT2D eigenvalue weighted by molar-refractivity contribution is 9.10. The average Bonchev–Trinajstić information content (AvgIpc) is 2.75. The number of thiophene rings is 2. The Morgan fingerprint density at radius 3 is 2.56 bits per heavy atom. The van der Waals surface area contributed by atoms with Gasteiger partial charge in [0, 0.05) is 32.2 Å². The topological polar surface area (TPSA) is 12.0 Å². The first kappa shape index (κ1) is 12.6. The Morgan fingerprint density at radius 1 is 1.25 bits per heavy atom. The number of nitrogens with one attached hydrogen (secondary N) is 1. The van der Waals surface area contributed by atoms with Gasteiger partial charge in [-0.1, -0.05) is 11.6 Å². The van der Waals surface area contributed by atoms with Gasteiger partial charge >= 0.3 is 0 Å². The molecule has 0 atom stereocenters. The molecular formula is C11H11BrClNS2. The predicted octanol–water partition coefficient (Wildman–Crippen LogP) is 4.82. The molecule has 5 heteroatoms. The molecule has 16 heavy (non-hydrogen) atoms. The molecule has 2 aromatic rings. The van der Waals surface area contributed by atoms with Gasteiger partial charge in [-0.25, -0.2) is 0 Å². The molecule has 2 rings (SSSR count). The van der Waals surface area contributed by atoms with E-state index in [9.17, 15) is 0 Å². The normalized spacial score (nSPS) is 10.9. The number of halogens is 2. The fourth-order valence-corrected chi connectivity index (χ4v) is 3.99. The van der Waals surface area contributed by atoms with Crippen LogP contribution in [0.4, 0.5) is 0 Å². The van der Waals surface area contributed by atoms with E-state index in [0.717, 1.165) is 17.4 Å². The molecule has 2 aromatic heterocycles. The molecule has 0 bridgehead atoms. The van der Waals surface area contributed by atoms with Crippen molar-refractivity contribution in [2.24, 2.45) is 0 Å². The average molecular weight is 337 g/mol.